The normalized spacial score (nSPS) is 10.8. The number of phenols is 1. The van der Waals surface area contributed by atoms with Crippen LogP contribution in [0, 0.1) is 0 Å². The second-order valence-electron chi connectivity index (χ2n) is 6.92. The maximum absolute atomic E-state index is 9.42. The van der Waals surface area contributed by atoms with Gasteiger partial charge < -0.3 is 10.0 Å². The number of unbranched alkanes of at least 4 members (excludes halogenated alkanes) is 6. The van der Waals surface area contributed by atoms with Gasteiger partial charge in [0.05, 0.1) is 18.1 Å². The molecule has 0 saturated heterocycles. The van der Waals surface area contributed by atoms with E-state index in [4.69, 9.17) is 0 Å². The second kappa shape index (κ2) is 11.5. The van der Waals surface area contributed by atoms with Crippen LogP contribution in [0.4, 0.5) is 5.82 Å². The number of benzene rings is 1. The highest BCUT2D eigenvalue weighted by Crippen LogP contribution is 2.21. The van der Waals surface area contributed by atoms with Gasteiger partial charge in [-0.3, -0.25) is 4.98 Å². The third-order valence-electron chi connectivity index (χ3n) is 4.69. The number of anilines is 1. The van der Waals surface area contributed by atoms with Crippen molar-refractivity contribution in [2.45, 2.75) is 65.2 Å². The molecule has 2 rings (SSSR count). The Hall–Kier alpha value is -2.10. The quantitative estimate of drug-likeness (QED) is 0.488. The zero-order valence-corrected chi connectivity index (χ0v) is 16.3. The summed E-state index contributed by atoms with van der Waals surface area (Å²) in [6, 6.07) is 7.09. The van der Waals surface area contributed by atoms with E-state index in [1.165, 1.54) is 51.4 Å². The molecule has 0 aliphatic rings. The van der Waals surface area contributed by atoms with E-state index in [0.29, 0.717) is 0 Å². The molecule has 2 aromatic rings. The third kappa shape index (κ3) is 6.66. The minimum absolute atomic E-state index is 0.267. The summed E-state index contributed by atoms with van der Waals surface area (Å²) in [7, 11) is 0. The highest BCUT2D eigenvalue weighted by Gasteiger charge is 2.09. The lowest BCUT2D eigenvalue weighted by molar-refractivity contribution is 0.475. The standard InChI is InChI=1S/C22H33N3O/c1-3-5-7-9-15-25(16-10-8-6-4-2)22-18-23-21(17-24-22)19-11-13-20(26)14-12-19/h11-14,17-18,26H,3-10,15-16H2,1-2H3. The average molecular weight is 356 g/mol. The van der Waals surface area contributed by atoms with Gasteiger partial charge in [0, 0.05) is 18.7 Å². The average Bonchev–Trinajstić information content (AvgIpc) is 2.68. The summed E-state index contributed by atoms with van der Waals surface area (Å²) in [6.07, 6.45) is 13.8. The van der Waals surface area contributed by atoms with Crippen molar-refractivity contribution >= 4 is 5.82 Å². The van der Waals surface area contributed by atoms with Crippen molar-refractivity contribution < 1.29 is 5.11 Å². The van der Waals surface area contributed by atoms with Crippen molar-refractivity contribution in [1.29, 1.82) is 0 Å². The lowest BCUT2D eigenvalue weighted by Gasteiger charge is -2.23. The minimum atomic E-state index is 0.267. The molecule has 26 heavy (non-hydrogen) atoms. The van der Waals surface area contributed by atoms with Crippen molar-refractivity contribution in [2.24, 2.45) is 0 Å². The summed E-state index contributed by atoms with van der Waals surface area (Å²) in [4.78, 5) is 11.7. The number of hydrogen-bond acceptors (Lipinski definition) is 4. The van der Waals surface area contributed by atoms with Crippen molar-refractivity contribution in [3.8, 4) is 17.0 Å². The smallest absolute Gasteiger partial charge is 0.147 e. The number of nitrogens with zero attached hydrogens (tertiary/aromatic N) is 3. The molecule has 0 spiro atoms. The Morgan fingerprint density at radius 1 is 0.769 bits per heavy atom. The van der Waals surface area contributed by atoms with Crippen LogP contribution in [0.15, 0.2) is 36.7 Å². The summed E-state index contributed by atoms with van der Waals surface area (Å²) in [6.45, 7) is 6.60. The van der Waals surface area contributed by atoms with Gasteiger partial charge in [-0.1, -0.05) is 52.4 Å². The summed E-state index contributed by atoms with van der Waals surface area (Å²) in [5.41, 5.74) is 1.81. The number of hydrogen-bond donors (Lipinski definition) is 1. The van der Waals surface area contributed by atoms with E-state index in [-0.39, 0.29) is 5.75 Å². The maximum Gasteiger partial charge on any atom is 0.147 e. The number of rotatable bonds is 12. The molecule has 0 fully saturated rings. The van der Waals surface area contributed by atoms with E-state index >= 15 is 0 Å². The predicted octanol–water partition coefficient (Wildman–Crippen LogP) is 5.82. The highest BCUT2D eigenvalue weighted by atomic mass is 16.3. The number of aromatic nitrogens is 2. The Balaban J connectivity index is 2.01. The molecule has 0 amide bonds. The molecular weight excluding hydrogens is 322 g/mol. The van der Waals surface area contributed by atoms with Gasteiger partial charge in [-0.15, -0.1) is 0 Å². The van der Waals surface area contributed by atoms with E-state index in [1.807, 2.05) is 24.5 Å². The van der Waals surface area contributed by atoms with Crippen LogP contribution in [0.5, 0.6) is 5.75 Å². The molecular formula is C22H33N3O. The summed E-state index contributed by atoms with van der Waals surface area (Å²) in [5, 5.41) is 9.42. The van der Waals surface area contributed by atoms with Gasteiger partial charge in [0.1, 0.15) is 11.6 Å². The van der Waals surface area contributed by atoms with Gasteiger partial charge >= 0.3 is 0 Å². The predicted molar refractivity (Wildman–Crippen MR) is 110 cm³/mol. The van der Waals surface area contributed by atoms with Crippen LogP contribution in [0.1, 0.15) is 65.2 Å². The first-order chi connectivity index (χ1) is 12.7. The first-order valence-corrected chi connectivity index (χ1v) is 10.1. The zero-order valence-electron chi connectivity index (χ0n) is 16.3. The molecule has 0 atom stereocenters. The molecule has 1 heterocycles. The van der Waals surface area contributed by atoms with Gasteiger partial charge in [0.15, 0.2) is 0 Å². The molecule has 0 bridgehead atoms. The Kier molecular flexibility index (Phi) is 8.94. The molecule has 0 unspecified atom stereocenters. The molecule has 1 aromatic carbocycles. The van der Waals surface area contributed by atoms with Crippen LogP contribution in [-0.2, 0) is 0 Å². The zero-order chi connectivity index (χ0) is 18.6. The Morgan fingerprint density at radius 3 is 1.88 bits per heavy atom. The summed E-state index contributed by atoms with van der Waals surface area (Å²) in [5.74, 6) is 1.24. The van der Waals surface area contributed by atoms with Crippen molar-refractivity contribution in [3.63, 3.8) is 0 Å². The first-order valence-electron chi connectivity index (χ1n) is 10.1. The Labute approximate surface area is 158 Å². The highest BCUT2D eigenvalue weighted by molar-refractivity contribution is 5.59. The van der Waals surface area contributed by atoms with Gasteiger partial charge in [0.25, 0.3) is 0 Å². The fraction of sp³-hybridized carbons (Fsp3) is 0.545. The van der Waals surface area contributed by atoms with Crippen LogP contribution in [0.25, 0.3) is 11.3 Å². The number of phenolic OH excluding ortho intramolecular Hbond substituents is 1. The Morgan fingerprint density at radius 2 is 1.38 bits per heavy atom. The van der Waals surface area contributed by atoms with Crippen LogP contribution < -0.4 is 4.90 Å². The monoisotopic (exact) mass is 355 g/mol. The molecule has 0 radical (unpaired) electrons. The summed E-state index contributed by atoms with van der Waals surface area (Å²) >= 11 is 0. The largest absolute Gasteiger partial charge is 0.508 e. The van der Waals surface area contributed by atoms with Crippen LogP contribution >= 0.6 is 0 Å². The first kappa shape index (κ1) is 20.2. The summed E-state index contributed by atoms with van der Waals surface area (Å²) < 4.78 is 0. The maximum atomic E-state index is 9.42. The molecule has 4 heteroatoms. The van der Waals surface area contributed by atoms with Crippen LogP contribution in [0.2, 0.25) is 0 Å². The SMILES string of the molecule is CCCCCCN(CCCCCC)c1cnc(-c2ccc(O)cc2)cn1. The van der Waals surface area contributed by atoms with E-state index in [2.05, 4.69) is 28.7 Å². The lowest BCUT2D eigenvalue weighted by atomic mass is 10.1. The molecule has 1 aromatic heterocycles. The van der Waals surface area contributed by atoms with Crippen molar-refractivity contribution in [1.82, 2.24) is 9.97 Å². The van der Waals surface area contributed by atoms with E-state index < -0.39 is 0 Å². The second-order valence-corrected chi connectivity index (χ2v) is 6.92. The Bertz CT molecular complexity index is 598. The minimum Gasteiger partial charge on any atom is -0.508 e. The molecule has 1 N–H and O–H groups in total. The topological polar surface area (TPSA) is 49.2 Å². The molecule has 0 saturated carbocycles. The number of aromatic hydroxyl groups is 1. The van der Waals surface area contributed by atoms with Gasteiger partial charge in [-0.25, -0.2) is 4.98 Å². The van der Waals surface area contributed by atoms with Crippen molar-refractivity contribution in [3.05, 3.63) is 36.7 Å². The molecule has 4 nitrogen and oxygen atoms in total. The fourth-order valence-corrected chi connectivity index (χ4v) is 3.07. The molecule has 142 valence electrons. The van der Waals surface area contributed by atoms with E-state index in [1.54, 1.807) is 12.1 Å². The third-order valence-corrected chi connectivity index (χ3v) is 4.69. The van der Waals surface area contributed by atoms with E-state index in [0.717, 1.165) is 30.2 Å². The molecule has 0 aliphatic heterocycles. The van der Waals surface area contributed by atoms with Gasteiger partial charge in [-0.2, -0.15) is 0 Å². The van der Waals surface area contributed by atoms with Gasteiger partial charge in [-0.05, 0) is 37.1 Å². The van der Waals surface area contributed by atoms with Crippen LogP contribution in [-0.4, -0.2) is 28.2 Å². The molecule has 0 aliphatic carbocycles. The van der Waals surface area contributed by atoms with Gasteiger partial charge in [0.2, 0.25) is 0 Å². The van der Waals surface area contributed by atoms with Crippen LogP contribution in [0.3, 0.4) is 0 Å². The lowest BCUT2D eigenvalue weighted by Crippen LogP contribution is -2.26. The fourth-order valence-electron chi connectivity index (χ4n) is 3.07. The van der Waals surface area contributed by atoms with E-state index in [9.17, 15) is 5.11 Å². The van der Waals surface area contributed by atoms with Crippen molar-refractivity contribution in [2.75, 3.05) is 18.0 Å².